The summed E-state index contributed by atoms with van der Waals surface area (Å²) in [7, 11) is 0. The van der Waals surface area contributed by atoms with Gasteiger partial charge in [-0.25, -0.2) is 0 Å². The van der Waals surface area contributed by atoms with Gasteiger partial charge in [-0.3, -0.25) is 9.59 Å². The van der Waals surface area contributed by atoms with Gasteiger partial charge in [-0.15, -0.1) is 0 Å². The number of hydrogen-bond donors (Lipinski definition) is 0. The Bertz CT molecular complexity index is 581. The van der Waals surface area contributed by atoms with Gasteiger partial charge in [0.15, 0.2) is 10.6 Å². The molecule has 0 fully saturated rings. The summed E-state index contributed by atoms with van der Waals surface area (Å²) in [5.41, 5.74) is 1.36. The Morgan fingerprint density at radius 2 is 1.50 bits per heavy atom. The standard InChI is InChI=1S/C16H13BrO3/c17-14(15(18)13-9-5-2-6-10-13)16(19)20-11-12-7-3-1-4-8-12/h1-10,14H,11H2. The molecule has 20 heavy (non-hydrogen) atoms. The van der Waals surface area contributed by atoms with Gasteiger partial charge in [0, 0.05) is 5.56 Å². The molecule has 0 radical (unpaired) electrons. The largest absolute Gasteiger partial charge is 0.460 e. The molecule has 0 spiro atoms. The minimum Gasteiger partial charge on any atom is -0.460 e. The fraction of sp³-hybridized carbons (Fsp3) is 0.125. The Labute approximate surface area is 125 Å². The summed E-state index contributed by atoms with van der Waals surface area (Å²) in [6.45, 7) is 0.157. The van der Waals surface area contributed by atoms with Crippen molar-refractivity contribution in [1.29, 1.82) is 0 Å². The van der Waals surface area contributed by atoms with Gasteiger partial charge in [-0.1, -0.05) is 76.6 Å². The number of hydrogen-bond acceptors (Lipinski definition) is 3. The van der Waals surface area contributed by atoms with Crippen LogP contribution in [0.2, 0.25) is 0 Å². The number of alkyl halides is 1. The molecule has 0 saturated carbocycles. The van der Waals surface area contributed by atoms with Crippen molar-refractivity contribution in [3.8, 4) is 0 Å². The molecular weight excluding hydrogens is 320 g/mol. The van der Waals surface area contributed by atoms with Crippen molar-refractivity contribution in [3.05, 3.63) is 71.8 Å². The Hall–Kier alpha value is -1.94. The number of carbonyl (C=O) groups is 2. The van der Waals surface area contributed by atoms with Gasteiger partial charge >= 0.3 is 5.97 Å². The molecule has 4 heteroatoms. The van der Waals surface area contributed by atoms with Crippen LogP contribution in [0.5, 0.6) is 0 Å². The fourth-order valence-corrected chi connectivity index (χ4v) is 2.05. The Kier molecular flexibility index (Phi) is 5.07. The Morgan fingerprint density at radius 3 is 2.10 bits per heavy atom. The molecule has 2 aromatic carbocycles. The minimum absolute atomic E-state index is 0.157. The van der Waals surface area contributed by atoms with Gasteiger partial charge in [0.05, 0.1) is 0 Å². The van der Waals surface area contributed by atoms with Crippen molar-refractivity contribution in [2.75, 3.05) is 0 Å². The van der Waals surface area contributed by atoms with Gasteiger partial charge in [0.1, 0.15) is 6.61 Å². The zero-order chi connectivity index (χ0) is 14.4. The van der Waals surface area contributed by atoms with Gasteiger partial charge in [-0.2, -0.15) is 0 Å². The van der Waals surface area contributed by atoms with Crippen molar-refractivity contribution in [3.63, 3.8) is 0 Å². The summed E-state index contributed by atoms with van der Waals surface area (Å²) in [6, 6.07) is 18.0. The number of Topliss-reactive ketones (excluding diaryl/α,β-unsaturated/α-hetero) is 1. The summed E-state index contributed by atoms with van der Waals surface area (Å²) >= 11 is 3.09. The van der Waals surface area contributed by atoms with Crippen molar-refractivity contribution in [2.24, 2.45) is 0 Å². The molecule has 0 aliphatic heterocycles. The molecule has 0 amide bonds. The normalized spacial score (nSPS) is 11.7. The van der Waals surface area contributed by atoms with Crippen molar-refractivity contribution >= 4 is 27.7 Å². The molecule has 2 rings (SSSR count). The number of ketones is 1. The van der Waals surface area contributed by atoms with Crippen LogP contribution in [0.1, 0.15) is 15.9 Å². The van der Waals surface area contributed by atoms with Crippen LogP contribution in [0.15, 0.2) is 60.7 Å². The highest BCUT2D eigenvalue weighted by atomic mass is 79.9. The average Bonchev–Trinajstić information content (AvgIpc) is 2.53. The van der Waals surface area contributed by atoms with E-state index in [-0.39, 0.29) is 12.4 Å². The molecule has 0 saturated heterocycles. The number of rotatable bonds is 5. The van der Waals surface area contributed by atoms with E-state index in [0.717, 1.165) is 5.56 Å². The molecule has 1 atom stereocenters. The summed E-state index contributed by atoms with van der Waals surface area (Å²) in [5, 5.41) is 0. The average molecular weight is 333 g/mol. The zero-order valence-corrected chi connectivity index (χ0v) is 12.2. The lowest BCUT2D eigenvalue weighted by molar-refractivity contribution is -0.143. The third kappa shape index (κ3) is 3.78. The van der Waals surface area contributed by atoms with Crippen LogP contribution in [0.3, 0.4) is 0 Å². The number of esters is 1. The van der Waals surface area contributed by atoms with Crippen molar-refractivity contribution < 1.29 is 14.3 Å². The maximum atomic E-state index is 12.0. The van der Waals surface area contributed by atoms with Gasteiger partial charge in [-0.05, 0) is 5.56 Å². The van der Waals surface area contributed by atoms with E-state index in [0.29, 0.717) is 5.56 Å². The second-order valence-electron chi connectivity index (χ2n) is 4.19. The highest BCUT2D eigenvalue weighted by Gasteiger charge is 2.25. The quantitative estimate of drug-likeness (QED) is 0.365. The third-order valence-electron chi connectivity index (χ3n) is 2.72. The summed E-state index contributed by atoms with van der Waals surface area (Å²) in [6.07, 6.45) is 0. The van der Waals surface area contributed by atoms with Crippen LogP contribution in [0.4, 0.5) is 0 Å². The van der Waals surface area contributed by atoms with E-state index in [1.54, 1.807) is 24.3 Å². The highest BCUT2D eigenvalue weighted by molar-refractivity contribution is 9.10. The number of halogens is 1. The van der Waals surface area contributed by atoms with Crippen molar-refractivity contribution in [2.45, 2.75) is 11.4 Å². The van der Waals surface area contributed by atoms with E-state index in [1.165, 1.54) is 0 Å². The molecule has 1 unspecified atom stereocenters. The fourth-order valence-electron chi connectivity index (χ4n) is 1.66. The summed E-state index contributed by atoms with van der Waals surface area (Å²) < 4.78 is 5.13. The number of benzene rings is 2. The molecule has 102 valence electrons. The van der Waals surface area contributed by atoms with Crippen LogP contribution >= 0.6 is 15.9 Å². The lowest BCUT2D eigenvalue weighted by atomic mass is 10.1. The van der Waals surface area contributed by atoms with Crippen LogP contribution in [0, 0.1) is 0 Å². The molecule has 2 aromatic rings. The lowest BCUT2D eigenvalue weighted by Gasteiger charge is -2.09. The van der Waals surface area contributed by atoms with Crippen LogP contribution in [-0.4, -0.2) is 16.6 Å². The molecule has 0 aromatic heterocycles. The lowest BCUT2D eigenvalue weighted by Crippen LogP contribution is -2.26. The maximum absolute atomic E-state index is 12.0. The molecule has 0 aliphatic rings. The first-order valence-electron chi connectivity index (χ1n) is 6.12. The molecule has 3 nitrogen and oxygen atoms in total. The Morgan fingerprint density at radius 1 is 0.950 bits per heavy atom. The van der Waals surface area contributed by atoms with Gasteiger partial charge < -0.3 is 4.74 Å². The second kappa shape index (κ2) is 7.01. The van der Waals surface area contributed by atoms with E-state index in [9.17, 15) is 9.59 Å². The maximum Gasteiger partial charge on any atom is 0.328 e. The SMILES string of the molecule is O=C(OCc1ccccc1)C(Br)C(=O)c1ccccc1. The van der Waals surface area contributed by atoms with Crippen LogP contribution in [-0.2, 0) is 16.1 Å². The van der Waals surface area contributed by atoms with Crippen LogP contribution < -0.4 is 0 Å². The van der Waals surface area contributed by atoms with Crippen LogP contribution in [0.25, 0.3) is 0 Å². The molecule has 0 N–H and O–H groups in total. The first-order chi connectivity index (χ1) is 9.68. The molecule has 0 bridgehead atoms. The monoisotopic (exact) mass is 332 g/mol. The van der Waals surface area contributed by atoms with E-state index in [2.05, 4.69) is 15.9 Å². The summed E-state index contributed by atoms with van der Waals surface area (Å²) in [4.78, 5) is 22.9. The topological polar surface area (TPSA) is 43.4 Å². The molecular formula is C16H13BrO3. The van der Waals surface area contributed by atoms with Crippen molar-refractivity contribution in [1.82, 2.24) is 0 Å². The predicted octanol–water partition coefficient (Wildman–Crippen LogP) is 3.38. The van der Waals surface area contributed by atoms with E-state index < -0.39 is 10.8 Å². The molecule has 0 heterocycles. The van der Waals surface area contributed by atoms with E-state index in [1.807, 2.05) is 36.4 Å². The van der Waals surface area contributed by atoms with E-state index in [4.69, 9.17) is 4.74 Å². The van der Waals surface area contributed by atoms with E-state index >= 15 is 0 Å². The molecule has 0 aliphatic carbocycles. The van der Waals surface area contributed by atoms with Gasteiger partial charge in [0.2, 0.25) is 0 Å². The number of carbonyl (C=O) groups excluding carboxylic acids is 2. The second-order valence-corrected chi connectivity index (χ2v) is 5.10. The highest BCUT2D eigenvalue weighted by Crippen LogP contribution is 2.13. The first-order valence-corrected chi connectivity index (χ1v) is 7.04. The first kappa shape index (κ1) is 14.5. The third-order valence-corrected chi connectivity index (χ3v) is 3.51. The zero-order valence-electron chi connectivity index (χ0n) is 10.7. The van der Waals surface area contributed by atoms with Gasteiger partial charge in [0.25, 0.3) is 0 Å². The minimum atomic E-state index is -0.978. The Balaban J connectivity index is 1.94. The predicted molar refractivity (Wildman–Crippen MR) is 79.7 cm³/mol. The summed E-state index contributed by atoms with van der Waals surface area (Å²) in [5.74, 6) is -0.883. The number of ether oxygens (including phenoxy) is 1. The smallest absolute Gasteiger partial charge is 0.328 e.